The van der Waals surface area contributed by atoms with E-state index in [4.69, 9.17) is 0 Å². The first kappa shape index (κ1) is 19.0. The van der Waals surface area contributed by atoms with Gasteiger partial charge in [-0.1, -0.05) is 26.0 Å². The second-order valence-corrected chi connectivity index (χ2v) is 7.19. The average molecular weight is 346 g/mol. The number of aliphatic carboxylic acids is 1. The zero-order chi connectivity index (χ0) is 18.8. The van der Waals surface area contributed by atoms with Crippen molar-refractivity contribution in [3.05, 3.63) is 35.4 Å². The third kappa shape index (κ3) is 3.83. The van der Waals surface area contributed by atoms with Crippen molar-refractivity contribution in [1.82, 2.24) is 9.80 Å². The van der Waals surface area contributed by atoms with Crippen molar-refractivity contribution in [2.24, 2.45) is 5.92 Å². The Labute approximate surface area is 148 Å². The molecule has 1 aromatic carbocycles. The van der Waals surface area contributed by atoms with E-state index >= 15 is 0 Å². The monoisotopic (exact) mass is 346 g/mol. The van der Waals surface area contributed by atoms with Crippen LogP contribution < -0.4 is 0 Å². The number of benzene rings is 1. The molecule has 0 aliphatic carbocycles. The quantitative estimate of drug-likeness (QED) is 0.888. The predicted octanol–water partition coefficient (Wildman–Crippen LogP) is 2.38. The molecule has 1 N–H and O–H groups in total. The van der Waals surface area contributed by atoms with E-state index < -0.39 is 11.5 Å². The van der Waals surface area contributed by atoms with Gasteiger partial charge in [-0.15, -0.1) is 0 Å². The molecule has 2 amide bonds. The molecular formula is C19H26N2O4. The number of hydrogen-bond donors (Lipinski definition) is 1. The Bertz CT molecular complexity index is 669. The Morgan fingerprint density at radius 2 is 1.84 bits per heavy atom. The van der Waals surface area contributed by atoms with E-state index in [-0.39, 0.29) is 17.7 Å². The summed E-state index contributed by atoms with van der Waals surface area (Å²) in [5.74, 6) is -1.23. The minimum Gasteiger partial charge on any atom is -0.480 e. The topological polar surface area (TPSA) is 77.9 Å². The van der Waals surface area contributed by atoms with Gasteiger partial charge in [-0.05, 0) is 37.5 Å². The van der Waals surface area contributed by atoms with Crippen LogP contribution in [0.1, 0.15) is 49.5 Å². The summed E-state index contributed by atoms with van der Waals surface area (Å²) < 4.78 is 0. The van der Waals surface area contributed by atoms with Crippen molar-refractivity contribution in [2.75, 3.05) is 13.6 Å². The van der Waals surface area contributed by atoms with Crippen molar-refractivity contribution in [3.63, 3.8) is 0 Å². The molecule has 25 heavy (non-hydrogen) atoms. The summed E-state index contributed by atoms with van der Waals surface area (Å²) >= 11 is 0. The third-order valence-electron chi connectivity index (χ3n) is 4.84. The number of carboxylic acid groups (broad SMARTS) is 1. The van der Waals surface area contributed by atoms with Gasteiger partial charge in [0.2, 0.25) is 5.91 Å². The fourth-order valence-corrected chi connectivity index (χ4v) is 3.21. The smallest absolute Gasteiger partial charge is 0.329 e. The fourth-order valence-electron chi connectivity index (χ4n) is 3.21. The number of carbonyl (C=O) groups is 3. The van der Waals surface area contributed by atoms with Crippen LogP contribution in [0.4, 0.5) is 0 Å². The van der Waals surface area contributed by atoms with Crippen LogP contribution in [0.15, 0.2) is 24.3 Å². The first-order valence-corrected chi connectivity index (χ1v) is 8.56. The Balaban J connectivity index is 2.11. The maximum absolute atomic E-state index is 12.7. The lowest BCUT2D eigenvalue weighted by atomic mass is 9.98. The summed E-state index contributed by atoms with van der Waals surface area (Å²) in [6, 6.07) is 7.02. The zero-order valence-corrected chi connectivity index (χ0v) is 15.3. The van der Waals surface area contributed by atoms with Gasteiger partial charge in [0.05, 0.1) is 0 Å². The fraction of sp³-hybridized carbons (Fsp3) is 0.526. The number of likely N-dealkylation sites (tertiary alicyclic amines) is 1. The summed E-state index contributed by atoms with van der Waals surface area (Å²) in [7, 11) is 1.75. The molecule has 2 rings (SSSR count). The summed E-state index contributed by atoms with van der Waals surface area (Å²) in [4.78, 5) is 39.3. The van der Waals surface area contributed by atoms with Gasteiger partial charge in [0.15, 0.2) is 0 Å². The SMILES string of the molecule is CC(C)C(=O)N(C)Cc1ccc(C(=O)N2CCCC2(C)C(=O)O)cc1. The van der Waals surface area contributed by atoms with E-state index in [1.165, 1.54) is 4.90 Å². The van der Waals surface area contributed by atoms with Gasteiger partial charge in [0, 0.05) is 31.6 Å². The molecule has 0 spiro atoms. The molecule has 1 unspecified atom stereocenters. The molecule has 1 heterocycles. The van der Waals surface area contributed by atoms with Crippen molar-refractivity contribution < 1.29 is 19.5 Å². The third-order valence-corrected chi connectivity index (χ3v) is 4.84. The van der Waals surface area contributed by atoms with Gasteiger partial charge in [-0.25, -0.2) is 4.79 Å². The second kappa shape index (κ2) is 7.25. The van der Waals surface area contributed by atoms with Gasteiger partial charge in [0.1, 0.15) is 5.54 Å². The Morgan fingerprint density at radius 3 is 2.36 bits per heavy atom. The lowest BCUT2D eigenvalue weighted by Gasteiger charge is -2.31. The van der Waals surface area contributed by atoms with Crippen LogP contribution in [0.2, 0.25) is 0 Å². The lowest BCUT2D eigenvalue weighted by Crippen LogP contribution is -2.50. The van der Waals surface area contributed by atoms with Crippen LogP contribution in [0.5, 0.6) is 0 Å². The predicted molar refractivity (Wildman–Crippen MR) is 94.1 cm³/mol. The summed E-state index contributed by atoms with van der Waals surface area (Å²) in [6.45, 7) is 6.24. The number of nitrogens with zero attached hydrogens (tertiary/aromatic N) is 2. The van der Waals surface area contributed by atoms with Gasteiger partial charge in [0.25, 0.3) is 5.91 Å². The standard InChI is InChI=1S/C19H26N2O4/c1-13(2)16(22)20(4)12-14-6-8-15(9-7-14)17(23)21-11-5-10-19(21,3)18(24)25/h6-9,13H,5,10-12H2,1-4H3,(H,24,25). The maximum atomic E-state index is 12.7. The number of hydrogen-bond acceptors (Lipinski definition) is 3. The first-order valence-electron chi connectivity index (χ1n) is 8.56. The largest absolute Gasteiger partial charge is 0.480 e. The van der Waals surface area contributed by atoms with E-state index in [9.17, 15) is 19.5 Å². The molecule has 136 valence electrons. The normalized spacial score (nSPS) is 20.0. The molecule has 0 saturated carbocycles. The molecule has 0 radical (unpaired) electrons. The molecule has 6 nitrogen and oxygen atoms in total. The highest BCUT2D eigenvalue weighted by Crippen LogP contribution is 2.30. The van der Waals surface area contributed by atoms with Gasteiger partial charge in [-0.2, -0.15) is 0 Å². The minimum atomic E-state index is -1.14. The van der Waals surface area contributed by atoms with Crippen LogP contribution >= 0.6 is 0 Å². The van der Waals surface area contributed by atoms with E-state index in [0.717, 1.165) is 5.56 Å². The zero-order valence-electron chi connectivity index (χ0n) is 15.3. The molecule has 1 saturated heterocycles. The molecule has 1 atom stereocenters. The Morgan fingerprint density at radius 1 is 1.24 bits per heavy atom. The summed E-state index contributed by atoms with van der Waals surface area (Å²) in [6.07, 6.45) is 1.16. The highest BCUT2D eigenvalue weighted by Gasteiger charge is 2.46. The second-order valence-electron chi connectivity index (χ2n) is 7.19. The molecule has 1 aromatic rings. The van der Waals surface area contributed by atoms with Gasteiger partial charge in [-0.3, -0.25) is 9.59 Å². The van der Waals surface area contributed by atoms with Crippen molar-refractivity contribution >= 4 is 17.8 Å². The van der Waals surface area contributed by atoms with Crippen LogP contribution in [-0.2, 0) is 16.1 Å². The van der Waals surface area contributed by atoms with Crippen LogP contribution in [0.25, 0.3) is 0 Å². The maximum Gasteiger partial charge on any atom is 0.329 e. The number of carbonyl (C=O) groups excluding carboxylic acids is 2. The number of rotatable bonds is 5. The van der Waals surface area contributed by atoms with Gasteiger partial charge < -0.3 is 14.9 Å². The number of carboxylic acids is 1. The first-order chi connectivity index (χ1) is 11.7. The molecule has 1 fully saturated rings. The van der Waals surface area contributed by atoms with E-state index in [1.54, 1.807) is 31.0 Å². The van der Waals surface area contributed by atoms with E-state index in [0.29, 0.717) is 31.5 Å². The average Bonchev–Trinajstić information content (AvgIpc) is 2.97. The molecule has 6 heteroatoms. The molecule has 1 aliphatic heterocycles. The van der Waals surface area contributed by atoms with Crippen LogP contribution in [-0.4, -0.2) is 51.8 Å². The highest BCUT2D eigenvalue weighted by atomic mass is 16.4. The molecular weight excluding hydrogens is 320 g/mol. The Hall–Kier alpha value is -2.37. The Kier molecular flexibility index (Phi) is 5.50. The minimum absolute atomic E-state index is 0.0605. The van der Waals surface area contributed by atoms with Gasteiger partial charge >= 0.3 is 5.97 Å². The van der Waals surface area contributed by atoms with Crippen LogP contribution in [0.3, 0.4) is 0 Å². The van der Waals surface area contributed by atoms with Crippen molar-refractivity contribution in [1.29, 1.82) is 0 Å². The summed E-state index contributed by atoms with van der Waals surface area (Å²) in [5.41, 5.74) is 0.256. The van der Waals surface area contributed by atoms with E-state index in [2.05, 4.69) is 0 Å². The molecule has 1 aliphatic rings. The summed E-state index contributed by atoms with van der Waals surface area (Å²) in [5, 5.41) is 9.45. The van der Waals surface area contributed by atoms with Crippen LogP contribution in [0, 0.1) is 5.92 Å². The van der Waals surface area contributed by atoms with Crippen molar-refractivity contribution in [3.8, 4) is 0 Å². The molecule has 0 bridgehead atoms. The van der Waals surface area contributed by atoms with Crippen molar-refractivity contribution in [2.45, 2.75) is 45.7 Å². The highest BCUT2D eigenvalue weighted by molar-refractivity contribution is 5.98. The number of amides is 2. The van der Waals surface area contributed by atoms with E-state index in [1.807, 2.05) is 26.0 Å². The molecule has 0 aromatic heterocycles. The lowest BCUT2D eigenvalue weighted by molar-refractivity contribution is -0.147.